The van der Waals surface area contributed by atoms with E-state index in [9.17, 15) is 4.79 Å². The number of nitrogens with zero attached hydrogens (tertiary/aromatic N) is 1. The van der Waals surface area contributed by atoms with Crippen LogP contribution in [0.5, 0.6) is 0 Å². The van der Waals surface area contributed by atoms with Crippen LogP contribution in [0.3, 0.4) is 0 Å². The normalized spacial score (nSPS) is 10.4. The van der Waals surface area contributed by atoms with Gasteiger partial charge in [0.1, 0.15) is 0 Å². The van der Waals surface area contributed by atoms with Gasteiger partial charge in [0.2, 0.25) is 0 Å². The molecule has 0 bridgehead atoms. The van der Waals surface area contributed by atoms with Crippen molar-refractivity contribution >= 4 is 16.7 Å². The number of rotatable bonds is 3. The third kappa shape index (κ3) is 2.13. The van der Waals surface area contributed by atoms with Crippen LogP contribution in [-0.4, -0.2) is 16.1 Å². The number of carbonyl (C=O) groups is 1. The number of carboxylic acids is 1. The molecule has 0 spiro atoms. The molecule has 0 fully saturated rings. The Balaban J connectivity index is 2.38. The molecule has 0 unspecified atom stereocenters. The number of fused-ring (bicyclic) bond motifs is 1. The van der Waals surface area contributed by atoms with Gasteiger partial charge < -0.3 is 5.11 Å². The van der Waals surface area contributed by atoms with Crippen molar-refractivity contribution in [1.29, 1.82) is 0 Å². The van der Waals surface area contributed by atoms with E-state index in [1.165, 1.54) is 0 Å². The summed E-state index contributed by atoms with van der Waals surface area (Å²) in [5.74, 6) is -0.768. The third-order valence-corrected chi connectivity index (χ3v) is 2.38. The van der Waals surface area contributed by atoms with E-state index in [-0.39, 0.29) is 6.42 Å². The van der Waals surface area contributed by atoms with Crippen molar-refractivity contribution in [3.8, 4) is 0 Å². The van der Waals surface area contributed by atoms with Gasteiger partial charge in [-0.15, -0.1) is 0 Å². The van der Waals surface area contributed by atoms with Crippen molar-refractivity contribution in [3.05, 3.63) is 42.2 Å². The maximum absolute atomic E-state index is 10.5. The highest BCUT2D eigenvalue weighted by atomic mass is 16.4. The number of aromatic nitrogens is 1. The first-order chi connectivity index (χ1) is 7.27. The van der Waals surface area contributed by atoms with Crippen LogP contribution < -0.4 is 0 Å². The van der Waals surface area contributed by atoms with Gasteiger partial charge in [-0.05, 0) is 23.4 Å². The van der Waals surface area contributed by atoms with Crippen LogP contribution in [0.1, 0.15) is 12.0 Å². The largest absolute Gasteiger partial charge is 0.481 e. The van der Waals surface area contributed by atoms with E-state index in [1.54, 1.807) is 12.4 Å². The average molecular weight is 201 g/mol. The zero-order valence-electron chi connectivity index (χ0n) is 8.18. The molecule has 0 saturated carbocycles. The standard InChI is InChI=1S/C12H11NO2/c14-12(15)5-4-9-2-1-3-10-6-7-13-8-11(9)10/h1-3,6-8H,4-5H2,(H,14,15). The molecule has 15 heavy (non-hydrogen) atoms. The SMILES string of the molecule is O=C(O)CCc1cccc2ccncc12. The van der Waals surface area contributed by atoms with Gasteiger partial charge in [-0.1, -0.05) is 18.2 Å². The van der Waals surface area contributed by atoms with Gasteiger partial charge in [0.05, 0.1) is 0 Å². The summed E-state index contributed by atoms with van der Waals surface area (Å²) < 4.78 is 0. The van der Waals surface area contributed by atoms with Crippen molar-refractivity contribution in [1.82, 2.24) is 4.98 Å². The Bertz CT molecular complexity index is 488. The van der Waals surface area contributed by atoms with Gasteiger partial charge in [0.15, 0.2) is 0 Å². The summed E-state index contributed by atoms with van der Waals surface area (Å²) >= 11 is 0. The molecule has 0 aliphatic rings. The van der Waals surface area contributed by atoms with E-state index in [4.69, 9.17) is 5.11 Å². The minimum Gasteiger partial charge on any atom is -0.481 e. The fourth-order valence-electron chi connectivity index (χ4n) is 1.64. The van der Waals surface area contributed by atoms with E-state index in [1.807, 2.05) is 24.3 Å². The molecule has 1 heterocycles. The summed E-state index contributed by atoms with van der Waals surface area (Å²) in [6, 6.07) is 7.83. The summed E-state index contributed by atoms with van der Waals surface area (Å²) in [5, 5.41) is 10.8. The van der Waals surface area contributed by atoms with Crippen LogP contribution >= 0.6 is 0 Å². The summed E-state index contributed by atoms with van der Waals surface area (Å²) in [6.45, 7) is 0. The second-order valence-corrected chi connectivity index (χ2v) is 3.41. The van der Waals surface area contributed by atoms with E-state index in [2.05, 4.69) is 4.98 Å². The molecule has 1 N–H and O–H groups in total. The third-order valence-electron chi connectivity index (χ3n) is 2.38. The number of hydrogen-bond donors (Lipinski definition) is 1. The van der Waals surface area contributed by atoms with E-state index in [0.29, 0.717) is 6.42 Å². The lowest BCUT2D eigenvalue weighted by molar-refractivity contribution is -0.136. The number of aliphatic carboxylic acids is 1. The first-order valence-corrected chi connectivity index (χ1v) is 4.81. The molecule has 2 aromatic rings. The van der Waals surface area contributed by atoms with E-state index >= 15 is 0 Å². The number of benzene rings is 1. The van der Waals surface area contributed by atoms with Crippen molar-refractivity contribution in [2.24, 2.45) is 0 Å². The molecular weight excluding hydrogens is 190 g/mol. The second-order valence-electron chi connectivity index (χ2n) is 3.41. The van der Waals surface area contributed by atoms with Crippen molar-refractivity contribution in [2.75, 3.05) is 0 Å². The Hall–Kier alpha value is -1.90. The Kier molecular flexibility index (Phi) is 2.63. The quantitative estimate of drug-likeness (QED) is 0.828. The number of hydrogen-bond acceptors (Lipinski definition) is 2. The molecule has 0 atom stereocenters. The fraction of sp³-hybridized carbons (Fsp3) is 0.167. The predicted molar refractivity (Wildman–Crippen MR) is 57.7 cm³/mol. The van der Waals surface area contributed by atoms with Gasteiger partial charge >= 0.3 is 5.97 Å². The number of carboxylic acid groups (broad SMARTS) is 1. The first kappa shape index (κ1) is 9.65. The molecule has 0 saturated heterocycles. The monoisotopic (exact) mass is 201 g/mol. The van der Waals surface area contributed by atoms with Crippen LogP contribution in [0.15, 0.2) is 36.7 Å². The Morgan fingerprint density at radius 3 is 3.00 bits per heavy atom. The second kappa shape index (κ2) is 4.09. The lowest BCUT2D eigenvalue weighted by Crippen LogP contribution is -1.98. The molecule has 0 amide bonds. The van der Waals surface area contributed by atoms with Crippen molar-refractivity contribution in [3.63, 3.8) is 0 Å². The van der Waals surface area contributed by atoms with Crippen LogP contribution in [0, 0.1) is 0 Å². The topological polar surface area (TPSA) is 50.2 Å². The summed E-state index contributed by atoms with van der Waals surface area (Å²) in [7, 11) is 0. The lowest BCUT2D eigenvalue weighted by atomic mass is 10.0. The molecule has 2 rings (SSSR count). The van der Waals surface area contributed by atoms with Gasteiger partial charge in [0.25, 0.3) is 0 Å². The first-order valence-electron chi connectivity index (χ1n) is 4.81. The van der Waals surface area contributed by atoms with Gasteiger partial charge in [0, 0.05) is 24.2 Å². The highest BCUT2D eigenvalue weighted by Crippen LogP contribution is 2.18. The predicted octanol–water partition coefficient (Wildman–Crippen LogP) is 2.25. The minimum absolute atomic E-state index is 0.161. The minimum atomic E-state index is -0.768. The Morgan fingerprint density at radius 2 is 2.20 bits per heavy atom. The molecule has 1 aromatic heterocycles. The van der Waals surface area contributed by atoms with Crippen LogP contribution in [-0.2, 0) is 11.2 Å². The zero-order valence-corrected chi connectivity index (χ0v) is 8.18. The molecule has 1 aromatic carbocycles. The molecule has 76 valence electrons. The highest BCUT2D eigenvalue weighted by molar-refractivity contribution is 5.85. The number of aryl methyl sites for hydroxylation is 1. The fourth-order valence-corrected chi connectivity index (χ4v) is 1.64. The average Bonchev–Trinajstić information content (AvgIpc) is 2.26. The molecule has 3 nitrogen and oxygen atoms in total. The molecule has 0 aliphatic carbocycles. The molecule has 0 aliphatic heterocycles. The Labute approximate surface area is 87.4 Å². The molecule has 0 radical (unpaired) electrons. The van der Waals surface area contributed by atoms with E-state index < -0.39 is 5.97 Å². The van der Waals surface area contributed by atoms with Crippen LogP contribution in [0.25, 0.3) is 10.8 Å². The summed E-state index contributed by atoms with van der Waals surface area (Å²) in [4.78, 5) is 14.5. The van der Waals surface area contributed by atoms with Crippen LogP contribution in [0.2, 0.25) is 0 Å². The van der Waals surface area contributed by atoms with Crippen molar-refractivity contribution < 1.29 is 9.90 Å². The van der Waals surface area contributed by atoms with Gasteiger partial charge in [-0.25, -0.2) is 0 Å². The maximum atomic E-state index is 10.5. The highest BCUT2D eigenvalue weighted by Gasteiger charge is 2.03. The van der Waals surface area contributed by atoms with Crippen LogP contribution in [0.4, 0.5) is 0 Å². The van der Waals surface area contributed by atoms with Gasteiger partial charge in [-0.2, -0.15) is 0 Å². The molecule has 3 heteroatoms. The van der Waals surface area contributed by atoms with Crippen molar-refractivity contribution in [2.45, 2.75) is 12.8 Å². The smallest absolute Gasteiger partial charge is 0.303 e. The van der Waals surface area contributed by atoms with Gasteiger partial charge in [-0.3, -0.25) is 9.78 Å². The molecular formula is C12H11NO2. The zero-order chi connectivity index (χ0) is 10.7. The summed E-state index contributed by atoms with van der Waals surface area (Å²) in [6.07, 6.45) is 4.24. The van der Waals surface area contributed by atoms with E-state index in [0.717, 1.165) is 16.3 Å². The Morgan fingerprint density at radius 1 is 1.33 bits per heavy atom. The lowest BCUT2D eigenvalue weighted by Gasteiger charge is -2.03. The maximum Gasteiger partial charge on any atom is 0.303 e. The number of pyridine rings is 1. The summed E-state index contributed by atoms with van der Waals surface area (Å²) in [5.41, 5.74) is 1.04.